The van der Waals surface area contributed by atoms with Gasteiger partial charge in [-0.1, -0.05) is 0 Å². The first kappa shape index (κ1) is 13.1. The highest BCUT2D eigenvalue weighted by molar-refractivity contribution is 5.84. The van der Waals surface area contributed by atoms with Crippen LogP contribution < -0.4 is 0 Å². The zero-order valence-corrected chi connectivity index (χ0v) is 11.0. The number of furan rings is 1. The van der Waals surface area contributed by atoms with Gasteiger partial charge in [-0.3, -0.25) is 0 Å². The maximum absolute atomic E-state index is 10.8. The second-order valence-corrected chi connectivity index (χ2v) is 5.88. The molecule has 0 bridgehead atoms. The van der Waals surface area contributed by atoms with Crippen molar-refractivity contribution in [1.29, 1.82) is 0 Å². The Hall–Kier alpha value is -1.33. The molecule has 1 aromatic heterocycles. The fourth-order valence-electron chi connectivity index (χ4n) is 2.70. The van der Waals surface area contributed by atoms with Gasteiger partial charge in [0.1, 0.15) is 5.76 Å². The van der Waals surface area contributed by atoms with Crippen LogP contribution in [0.2, 0.25) is 0 Å². The number of carboxylic acids is 1. The van der Waals surface area contributed by atoms with Crippen molar-refractivity contribution in [2.24, 2.45) is 0 Å². The Labute approximate surface area is 105 Å². The molecule has 1 saturated heterocycles. The molecule has 1 aliphatic heterocycles. The Morgan fingerprint density at radius 1 is 1.28 bits per heavy atom. The third-order valence-electron chi connectivity index (χ3n) is 3.43. The van der Waals surface area contributed by atoms with Gasteiger partial charge in [-0.15, -0.1) is 0 Å². The van der Waals surface area contributed by atoms with Gasteiger partial charge in [-0.2, -0.15) is 0 Å². The molecule has 0 amide bonds. The van der Waals surface area contributed by atoms with Crippen molar-refractivity contribution in [3.8, 4) is 0 Å². The molecule has 1 atom stereocenters. The molecule has 1 unspecified atom stereocenters. The monoisotopic (exact) mass is 254 g/mol. The van der Waals surface area contributed by atoms with Crippen molar-refractivity contribution in [2.75, 3.05) is 0 Å². The van der Waals surface area contributed by atoms with Gasteiger partial charge in [0.15, 0.2) is 5.60 Å². The predicted molar refractivity (Wildman–Crippen MR) is 63.4 cm³/mol. The lowest BCUT2D eigenvalue weighted by atomic mass is 9.80. The van der Waals surface area contributed by atoms with Crippen LogP contribution in [0.1, 0.15) is 50.4 Å². The van der Waals surface area contributed by atoms with Crippen LogP contribution in [-0.2, 0) is 10.3 Å². The van der Waals surface area contributed by atoms with Crippen LogP contribution in [0, 0.1) is 0 Å². The number of carbonyl (C=O) groups is 1. The number of carboxylic acid groups (broad SMARTS) is 1. The lowest BCUT2D eigenvalue weighted by molar-refractivity contribution is -0.136. The molecule has 2 rings (SSSR count). The maximum atomic E-state index is 10.8. The molecule has 18 heavy (non-hydrogen) atoms. The van der Waals surface area contributed by atoms with Crippen LogP contribution in [0.5, 0.6) is 0 Å². The van der Waals surface area contributed by atoms with Crippen LogP contribution >= 0.6 is 0 Å². The summed E-state index contributed by atoms with van der Waals surface area (Å²) in [4.78, 5) is 10.8. The van der Waals surface area contributed by atoms with Gasteiger partial charge in [-0.25, -0.2) is 4.79 Å². The van der Waals surface area contributed by atoms with E-state index < -0.39 is 22.8 Å². The van der Waals surface area contributed by atoms with Gasteiger partial charge < -0.3 is 19.4 Å². The summed E-state index contributed by atoms with van der Waals surface area (Å²) in [5.41, 5.74) is -2.66. The highest BCUT2D eigenvalue weighted by atomic mass is 16.6. The van der Waals surface area contributed by atoms with E-state index in [9.17, 15) is 9.90 Å². The van der Waals surface area contributed by atoms with Crippen LogP contribution in [0.25, 0.3) is 0 Å². The zero-order valence-electron chi connectivity index (χ0n) is 11.0. The smallest absolute Gasteiger partial charge is 0.371 e. The SMILES string of the molecule is CC1(C)CC(O)(c2ccc(C(=O)O)o2)C(C)(C)O1. The lowest BCUT2D eigenvalue weighted by Gasteiger charge is -2.33. The van der Waals surface area contributed by atoms with E-state index in [1.165, 1.54) is 12.1 Å². The number of aliphatic hydroxyl groups is 1. The Balaban J connectivity index is 2.44. The number of rotatable bonds is 2. The Morgan fingerprint density at radius 2 is 1.89 bits per heavy atom. The minimum absolute atomic E-state index is 0.182. The molecule has 0 aromatic carbocycles. The Bertz CT molecular complexity index is 485. The Morgan fingerprint density at radius 3 is 2.28 bits per heavy atom. The fraction of sp³-hybridized carbons (Fsp3) is 0.615. The van der Waals surface area contributed by atoms with E-state index in [-0.39, 0.29) is 11.5 Å². The third-order valence-corrected chi connectivity index (χ3v) is 3.43. The van der Waals surface area contributed by atoms with E-state index in [2.05, 4.69) is 0 Å². The van der Waals surface area contributed by atoms with E-state index in [0.717, 1.165) is 0 Å². The molecule has 5 heteroatoms. The quantitative estimate of drug-likeness (QED) is 0.845. The van der Waals surface area contributed by atoms with E-state index in [4.69, 9.17) is 14.3 Å². The molecule has 2 heterocycles. The number of aromatic carboxylic acids is 1. The minimum Gasteiger partial charge on any atom is -0.475 e. The molecule has 1 aromatic rings. The standard InChI is InChI=1S/C13H18O5/c1-11(2)7-13(16,12(3,4)18-11)9-6-5-8(17-9)10(14)15/h5-6,16H,7H2,1-4H3,(H,14,15). The molecule has 5 nitrogen and oxygen atoms in total. The molecule has 0 aliphatic carbocycles. The molecule has 100 valence electrons. The van der Waals surface area contributed by atoms with Crippen molar-refractivity contribution >= 4 is 5.97 Å². The molecule has 1 aliphatic rings. The van der Waals surface area contributed by atoms with Gasteiger partial charge >= 0.3 is 5.97 Å². The first-order chi connectivity index (χ1) is 8.07. The Kier molecular flexibility index (Phi) is 2.61. The summed E-state index contributed by atoms with van der Waals surface area (Å²) < 4.78 is 11.0. The summed E-state index contributed by atoms with van der Waals surface area (Å²) >= 11 is 0. The second-order valence-electron chi connectivity index (χ2n) is 5.88. The highest BCUT2D eigenvalue weighted by Gasteiger charge is 2.59. The molecule has 0 radical (unpaired) electrons. The summed E-state index contributed by atoms with van der Waals surface area (Å²) in [6.45, 7) is 7.30. The largest absolute Gasteiger partial charge is 0.475 e. The lowest BCUT2D eigenvalue weighted by Crippen LogP contribution is -2.43. The molecule has 1 fully saturated rings. The van der Waals surface area contributed by atoms with Crippen molar-refractivity contribution in [1.82, 2.24) is 0 Å². The van der Waals surface area contributed by atoms with Crippen molar-refractivity contribution in [2.45, 2.75) is 50.9 Å². The van der Waals surface area contributed by atoms with Crippen LogP contribution in [0.15, 0.2) is 16.5 Å². The van der Waals surface area contributed by atoms with Crippen molar-refractivity contribution in [3.63, 3.8) is 0 Å². The summed E-state index contributed by atoms with van der Waals surface area (Å²) in [5.74, 6) is -1.10. The van der Waals surface area contributed by atoms with Crippen molar-refractivity contribution in [3.05, 3.63) is 23.7 Å². The topological polar surface area (TPSA) is 79.9 Å². The zero-order chi connectivity index (χ0) is 13.8. The summed E-state index contributed by atoms with van der Waals surface area (Å²) in [5, 5.41) is 19.7. The fourth-order valence-corrected chi connectivity index (χ4v) is 2.70. The number of hydrogen-bond donors (Lipinski definition) is 2. The van der Waals surface area contributed by atoms with Gasteiger partial charge in [0.2, 0.25) is 5.76 Å². The van der Waals surface area contributed by atoms with Crippen LogP contribution in [0.3, 0.4) is 0 Å². The number of hydrogen-bond acceptors (Lipinski definition) is 4. The third kappa shape index (κ3) is 1.83. The molecule has 0 saturated carbocycles. The van der Waals surface area contributed by atoms with Crippen LogP contribution in [-0.4, -0.2) is 27.4 Å². The van der Waals surface area contributed by atoms with Gasteiger partial charge in [-0.05, 0) is 39.8 Å². The second kappa shape index (κ2) is 3.59. The molecule has 2 N–H and O–H groups in total. The first-order valence-electron chi connectivity index (χ1n) is 5.84. The normalized spacial score (nSPS) is 29.4. The first-order valence-corrected chi connectivity index (χ1v) is 5.84. The van der Waals surface area contributed by atoms with Gasteiger partial charge in [0.25, 0.3) is 0 Å². The van der Waals surface area contributed by atoms with E-state index >= 15 is 0 Å². The van der Waals surface area contributed by atoms with E-state index in [1.54, 1.807) is 13.8 Å². The summed E-state index contributed by atoms with van der Waals surface area (Å²) in [6.07, 6.45) is 0.347. The summed E-state index contributed by atoms with van der Waals surface area (Å²) in [6, 6.07) is 2.84. The van der Waals surface area contributed by atoms with Crippen molar-refractivity contribution < 1.29 is 24.2 Å². The number of ether oxygens (including phenoxy) is 1. The molecular weight excluding hydrogens is 236 g/mol. The predicted octanol–water partition coefficient (Wildman–Crippen LogP) is 2.14. The highest BCUT2D eigenvalue weighted by Crippen LogP contribution is 2.51. The van der Waals surface area contributed by atoms with E-state index in [1.807, 2.05) is 13.8 Å². The average molecular weight is 254 g/mol. The van der Waals surface area contributed by atoms with Crippen LogP contribution in [0.4, 0.5) is 0 Å². The van der Waals surface area contributed by atoms with Gasteiger partial charge in [0.05, 0.1) is 11.2 Å². The minimum atomic E-state index is -1.33. The maximum Gasteiger partial charge on any atom is 0.371 e. The van der Waals surface area contributed by atoms with E-state index in [0.29, 0.717) is 6.42 Å². The van der Waals surface area contributed by atoms with Gasteiger partial charge in [0, 0.05) is 6.42 Å². The molecule has 0 spiro atoms. The average Bonchev–Trinajstić information content (AvgIpc) is 2.67. The molecular formula is C13H18O5. The summed E-state index contributed by atoms with van der Waals surface area (Å²) in [7, 11) is 0.